The lowest BCUT2D eigenvalue weighted by molar-refractivity contribution is 0.102. The minimum Gasteiger partial charge on any atom is -0.307 e. The minimum atomic E-state index is -0.471. The maximum absolute atomic E-state index is 11.8. The van der Waals surface area contributed by atoms with Gasteiger partial charge in [0.25, 0.3) is 5.91 Å². The molecule has 4 N–H and O–H groups in total. The molecule has 0 bridgehead atoms. The Morgan fingerprint density at radius 2 is 1.89 bits per heavy atom. The van der Waals surface area contributed by atoms with Gasteiger partial charge in [-0.2, -0.15) is 5.10 Å². The van der Waals surface area contributed by atoms with E-state index in [1.165, 1.54) is 12.1 Å². The molecule has 19 heavy (non-hydrogen) atoms. The maximum Gasteiger partial charge on any atom is 0.278 e. The molecule has 1 amide bonds. The Bertz CT molecular complexity index is 597. The van der Waals surface area contributed by atoms with Crippen LogP contribution in [0, 0.1) is 13.8 Å². The topological polar surface area (TPSA) is 132 Å². The number of nitrogen functional groups attached to an aromatic ring is 1. The molecule has 0 aromatic carbocycles. The number of amides is 1. The van der Waals surface area contributed by atoms with E-state index in [0.29, 0.717) is 17.2 Å². The SMILES string of the molecule is Cc1nnc(NC(=O)c2ccc(NN)nn2)nc1C. The van der Waals surface area contributed by atoms with Gasteiger partial charge in [-0.05, 0) is 26.0 Å². The van der Waals surface area contributed by atoms with Crippen molar-refractivity contribution >= 4 is 17.7 Å². The van der Waals surface area contributed by atoms with E-state index in [0.717, 1.165) is 0 Å². The average molecular weight is 260 g/mol. The molecular formula is C10H12N8O. The Hall–Kier alpha value is -2.68. The van der Waals surface area contributed by atoms with E-state index >= 15 is 0 Å². The van der Waals surface area contributed by atoms with E-state index in [-0.39, 0.29) is 11.6 Å². The Morgan fingerprint density at radius 1 is 1.11 bits per heavy atom. The number of hydrogen-bond donors (Lipinski definition) is 3. The minimum absolute atomic E-state index is 0.121. The largest absolute Gasteiger partial charge is 0.307 e. The molecule has 0 aliphatic rings. The van der Waals surface area contributed by atoms with Crippen LogP contribution in [0.1, 0.15) is 21.9 Å². The third-order valence-electron chi connectivity index (χ3n) is 2.36. The first-order chi connectivity index (χ1) is 9.10. The van der Waals surface area contributed by atoms with Gasteiger partial charge in [-0.1, -0.05) is 0 Å². The number of carbonyl (C=O) groups is 1. The summed E-state index contributed by atoms with van der Waals surface area (Å²) in [5.41, 5.74) is 3.84. The number of nitrogens with two attached hydrogens (primary N) is 1. The van der Waals surface area contributed by atoms with Gasteiger partial charge in [0.1, 0.15) is 0 Å². The number of hydrogen-bond acceptors (Lipinski definition) is 8. The van der Waals surface area contributed by atoms with Gasteiger partial charge >= 0.3 is 0 Å². The van der Waals surface area contributed by atoms with Gasteiger partial charge in [-0.25, -0.2) is 10.8 Å². The summed E-state index contributed by atoms with van der Waals surface area (Å²) in [7, 11) is 0. The Balaban J connectivity index is 2.13. The van der Waals surface area contributed by atoms with Crippen LogP contribution < -0.4 is 16.6 Å². The zero-order valence-corrected chi connectivity index (χ0v) is 10.4. The highest BCUT2D eigenvalue weighted by molar-refractivity contribution is 6.01. The van der Waals surface area contributed by atoms with Gasteiger partial charge < -0.3 is 5.43 Å². The van der Waals surface area contributed by atoms with Crippen LogP contribution in [-0.2, 0) is 0 Å². The van der Waals surface area contributed by atoms with Crippen molar-refractivity contribution in [3.63, 3.8) is 0 Å². The zero-order chi connectivity index (χ0) is 13.8. The van der Waals surface area contributed by atoms with Crippen LogP contribution in [0.5, 0.6) is 0 Å². The molecule has 0 aliphatic carbocycles. The molecule has 0 atom stereocenters. The van der Waals surface area contributed by atoms with E-state index in [2.05, 4.69) is 36.1 Å². The van der Waals surface area contributed by atoms with Gasteiger partial charge in [0.15, 0.2) is 11.5 Å². The monoisotopic (exact) mass is 260 g/mol. The molecule has 0 unspecified atom stereocenters. The molecular weight excluding hydrogens is 248 g/mol. The number of aromatic nitrogens is 5. The third kappa shape index (κ3) is 2.96. The number of aryl methyl sites for hydroxylation is 2. The predicted octanol–water partition coefficient (Wildman–Crippen LogP) is -0.184. The second kappa shape index (κ2) is 5.31. The van der Waals surface area contributed by atoms with E-state index in [4.69, 9.17) is 5.84 Å². The van der Waals surface area contributed by atoms with E-state index in [9.17, 15) is 4.79 Å². The summed E-state index contributed by atoms with van der Waals surface area (Å²) in [5, 5.41) is 17.5. The second-order valence-electron chi connectivity index (χ2n) is 3.71. The van der Waals surface area contributed by atoms with E-state index in [1.54, 1.807) is 13.8 Å². The number of hydrazine groups is 1. The molecule has 2 rings (SSSR count). The lowest BCUT2D eigenvalue weighted by atomic mass is 10.3. The number of nitrogens with zero attached hydrogens (tertiary/aromatic N) is 5. The van der Waals surface area contributed by atoms with Crippen molar-refractivity contribution in [1.82, 2.24) is 25.4 Å². The van der Waals surface area contributed by atoms with Crippen molar-refractivity contribution in [3.8, 4) is 0 Å². The van der Waals surface area contributed by atoms with E-state index < -0.39 is 5.91 Å². The van der Waals surface area contributed by atoms with Crippen LogP contribution in [0.25, 0.3) is 0 Å². The normalized spacial score (nSPS) is 10.1. The number of anilines is 2. The number of nitrogens with one attached hydrogen (secondary N) is 2. The molecule has 0 saturated heterocycles. The fourth-order valence-corrected chi connectivity index (χ4v) is 1.21. The first-order valence-electron chi connectivity index (χ1n) is 5.40. The molecule has 98 valence electrons. The highest BCUT2D eigenvalue weighted by Crippen LogP contribution is 2.05. The Labute approximate surface area is 108 Å². The summed E-state index contributed by atoms with van der Waals surface area (Å²) in [6.45, 7) is 3.56. The molecule has 9 nitrogen and oxygen atoms in total. The average Bonchev–Trinajstić information content (AvgIpc) is 2.43. The summed E-state index contributed by atoms with van der Waals surface area (Å²) in [6, 6.07) is 3.01. The Morgan fingerprint density at radius 3 is 2.47 bits per heavy atom. The van der Waals surface area contributed by atoms with Crippen molar-refractivity contribution in [2.75, 3.05) is 10.7 Å². The van der Waals surface area contributed by atoms with Crippen molar-refractivity contribution in [3.05, 3.63) is 29.2 Å². The van der Waals surface area contributed by atoms with Crippen LogP contribution in [0.15, 0.2) is 12.1 Å². The lowest BCUT2D eigenvalue weighted by Gasteiger charge is -2.04. The van der Waals surface area contributed by atoms with Crippen LogP contribution in [-0.4, -0.2) is 31.3 Å². The quantitative estimate of drug-likeness (QED) is 0.511. The fraction of sp³-hybridized carbons (Fsp3) is 0.200. The molecule has 0 fully saturated rings. The van der Waals surface area contributed by atoms with Gasteiger partial charge in [-0.15, -0.1) is 15.3 Å². The van der Waals surface area contributed by atoms with E-state index in [1.807, 2.05) is 0 Å². The molecule has 2 aromatic rings. The first kappa shape index (κ1) is 12.8. The van der Waals surface area contributed by atoms with Gasteiger partial charge in [-0.3, -0.25) is 10.1 Å². The maximum atomic E-state index is 11.8. The van der Waals surface area contributed by atoms with Crippen LogP contribution >= 0.6 is 0 Å². The Kier molecular flexibility index (Phi) is 3.57. The predicted molar refractivity (Wildman–Crippen MR) is 67.1 cm³/mol. The highest BCUT2D eigenvalue weighted by Gasteiger charge is 2.11. The molecule has 2 heterocycles. The van der Waals surface area contributed by atoms with Crippen LogP contribution in [0.3, 0.4) is 0 Å². The standard InChI is InChI=1S/C10H12N8O/c1-5-6(2)15-18-10(12-5)13-9(19)7-3-4-8(14-11)17-16-7/h3-4H,11H2,1-2H3,(H,14,17)(H,12,13,18,19). The van der Waals surface area contributed by atoms with Crippen molar-refractivity contribution in [1.29, 1.82) is 0 Å². The fourth-order valence-electron chi connectivity index (χ4n) is 1.21. The molecule has 0 radical (unpaired) electrons. The molecule has 0 spiro atoms. The summed E-state index contributed by atoms with van der Waals surface area (Å²) < 4.78 is 0. The summed E-state index contributed by atoms with van der Waals surface area (Å²) in [4.78, 5) is 15.9. The van der Waals surface area contributed by atoms with Gasteiger partial charge in [0, 0.05) is 0 Å². The third-order valence-corrected chi connectivity index (χ3v) is 2.36. The molecule has 9 heteroatoms. The van der Waals surface area contributed by atoms with Crippen molar-refractivity contribution in [2.24, 2.45) is 5.84 Å². The molecule has 0 aliphatic heterocycles. The lowest BCUT2D eigenvalue weighted by Crippen LogP contribution is -2.18. The van der Waals surface area contributed by atoms with Crippen LogP contribution in [0.4, 0.5) is 11.8 Å². The molecule has 0 saturated carbocycles. The smallest absolute Gasteiger partial charge is 0.278 e. The zero-order valence-electron chi connectivity index (χ0n) is 10.4. The second-order valence-corrected chi connectivity index (χ2v) is 3.71. The molecule has 2 aromatic heterocycles. The number of rotatable bonds is 3. The van der Waals surface area contributed by atoms with Crippen molar-refractivity contribution < 1.29 is 4.79 Å². The summed E-state index contributed by atoms with van der Waals surface area (Å²) >= 11 is 0. The summed E-state index contributed by atoms with van der Waals surface area (Å²) in [5.74, 6) is 5.16. The summed E-state index contributed by atoms with van der Waals surface area (Å²) in [6.07, 6.45) is 0. The van der Waals surface area contributed by atoms with Gasteiger partial charge in [0.2, 0.25) is 5.95 Å². The first-order valence-corrected chi connectivity index (χ1v) is 5.40. The van der Waals surface area contributed by atoms with Gasteiger partial charge in [0.05, 0.1) is 11.4 Å². The van der Waals surface area contributed by atoms with Crippen LogP contribution in [0.2, 0.25) is 0 Å². The van der Waals surface area contributed by atoms with Crippen molar-refractivity contribution in [2.45, 2.75) is 13.8 Å². The number of carbonyl (C=O) groups excluding carboxylic acids is 1. The highest BCUT2D eigenvalue weighted by atomic mass is 16.2.